The van der Waals surface area contributed by atoms with Gasteiger partial charge in [-0.25, -0.2) is 9.48 Å². The number of aliphatic hydroxyl groups is 2. The molecule has 1 aromatic heterocycles. The van der Waals surface area contributed by atoms with E-state index in [-0.39, 0.29) is 13.2 Å². The maximum absolute atomic E-state index is 11.7. The summed E-state index contributed by atoms with van der Waals surface area (Å²) < 4.78 is 6.61. The summed E-state index contributed by atoms with van der Waals surface area (Å²) in [5.41, 5.74) is 1.99. The van der Waals surface area contributed by atoms with Crippen molar-refractivity contribution in [1.29, 1.82) is 0 Å². The predicted octanol–water partition coefficient (Wildman–Crippen LogP) is 2.85. The molecule has 0 spiro atoms. The Kier molecular flexibility index (Phi) is 6.65. The van der Waals surface area contributed by atoms with Crippen LogP contribution in [0.3, 0.4) is 0 Å². The highest BCUT2D eigenvalue weighted by Gasteiger charge is 2.21. The van der Waals surface area contributed by atoms with Crippen LogP contribution < -0.4 is 5.32 Å². The van der Waals surface area contributed by atoms with E-state index in [1.807, 2.05) is 36.4 Å². The molecule has 0 aliphatic rings. The Hall–Kier alpha value is -2.87. The van der Waals surface area contributed by atoms with Crippen molar-refractivity contribution in [2.24, 2.45) is 0 Å². The molecule has 0 fully saturated rings. The number of hydrogen-bond acceptors (Lipinski definition) is 5. The second-order valence-corrected chi connectivity index (χ2v) is 6.59. The van der Waals surface area contributed by atoms with Gasteiger partial charge in [0.25, 0.3) is 0 Å². The highest BCUT2D eigenvalue weighted by molar-refractivity contribution is 6.30. The number of aliphatic hydroxyl groups excluding tert-OH is 2. The number of carbonyl (C=O) groups excluding carboxylic acids is 1. The number of alkyl carbamates (subject to hydrolysis) is 1. The average molecular weight is 402 g/mol. The van der Waals surface area contributed by atoms with Crippen LogP contribution in [0, 0.1) is 0 Å². The molecule has 3 N–H and O–H groups in total. The molecule has 0 saturated carbocycles. The third-order valence-electron chi connectivity index (χ3n) is 4.05. The summed E-state index contributed by atoms with van der Waals surface area (Å²) in [5.74, 6) is 0. The zero-order chi connectivity index (χ0) is 19.9. The Morgan fingerprint density at radius 1 is 1.18 bits per heavy atom. The third kappa shape index (κ3) is 5.32. The number of ether oxygens (including phenoxy) is 1. The van der Waals surface area contributed by atoms with Crippen molar-refractivity contribution in [2.45, 2.75) is 18.8 Å². The van der Waals surface area contributed by atoms with E-state index >= 15 is 0 Å². The molecule has 0 radical (unpaired) electrons. The first-order valence-electron chi connectivity index (χ1n) is 8.64. The van der Waals surface area contributed by atoms with Crippen molar-refractivity contribution >= 4 is 17.7 Å². The smallest absolute Gasteiger partial charge is 0.407 e. The summed E-state index contributed by atoms with van der Waals surface area (Å²) in [7, 11) is 0. The third-order valence-corrected chi connectivity index (χ3v) is 4.28. The summed E-state index contributed by atoms with van der Waals surface area (Å²) in [6, 6.07) is 16.3. The number of nitrogens with zero attached hydrogens (tertiary/aromatic N) is 2. The number of nitrogens with one attached hydrogen (secondary N) is 1. The summed E-state index contributed by atoms with van der Waals surface area (Å²) in [4.78, 5) is 11.7. The molecule has 0 bridgehead atoms. The zero-order valence-electron chi connectivity index (χ0n) is 14.9. The molecule has 2 aromatic carbocycles. The van der Waals surface area contributed by atoms with E-state index in [4.69, 9.17) is 16.3 Å². The molecule has 0 aliphatic heterocycles. The van der Waals surface area contributed by atoms with Crippen LogP contribution in [-0.4, -0.2) is 38.7 Å². The van der Waals surface area contributed by atoms with Crippen LogP contribution in [-0.2, 0) is 11.3 Å². The first kappa shape index (κ1) is 19.9. The first-order chi connectivity index (χ1) is 13.5. The van der Waals surface area contributed by atoms with Gasteiger partial charge in [0.05, 0.1) is 11.9 Å². The molecule has 7 nitrogen and oxygen atoms in total. The number of carbonyl (C=O) groups is 1. The van der Waals surface area contributed by atoms with E-state index in [2.05, 4.69) is 10.4 Å². The number of benzene rings is 2. The monoisotopic (exact) mass is 401 g/mol. The van der Waals surface area contributed by atoms with E-state index in [0.717, 1.165) is 11.3 Å². The van der Waals surface area contributed by atoms with Gasteiger partial charge in [-0.15, -0.1) is 0 Å². The van der Waals surface area contributed by atoms with Crippen LogP contribution in [0.2, 0.25) is 5.02 Å². The molecule has 0 aliphatic carbocycles. The Labute approximate surface area is 167 Å². The lowest BCUT2D eigenvalue weighted by molar-refractivity contribution is 0.0184. The number of amides is 1. The highest BCUT2D eigenvalue weighted by Crippen LogP contribution is 2.19. The normalized spacial score (nSPS) is 13.0. The number of hydrogen-bond donors (Lipinski definition) is 3. The molecule has 3 aromatic rings. The van der Waals surface area contributed by atoms with Crippen LogP contribution in [0.15, 0.2) is 67.0 Å². The Bertz CT molecular complexity index is 917. The first-order valence-corrected chi connectivity index (χ1v) is 9.02. The molecule has 0 saturated heterocycles. The van der Waals surface area contributed by atoms with Crippen molar-refractivity contribution in [3.05, 3.63) is 83.1 Å². The van der Waals surface area contributed by atoms with Crippen molar-refractivity contribution in [3.8, 4) is 5.69 Å². The fourth-order valence-electron chi connectivity index (χ4n) is 2.55. The number of halogens is 1. The molecule has 28 heavy (non-hydrogen) atoms. The molecule has 2 atom stereocenters. The minimum absolute atomic E-state index is 0.123. The van der Waals surface area contributed by atoms with Crippen LogP contribution in [0.1, 0.15) is 17.2 Å². The average Bonchev–Trinajstić information content (AvgIpc) is 3.21. The maximum Gasteiger partial charge on any atom is 0.407 e. The Morgan fingerprint density at radius 2 is 1.96 bits per heavy atom. The summed E-state index contributed by atoms with van der Waals surface area (Å²) >= 11 is 5.97. The quantitative estimate of drug-likeness (QED) is 0.565. The van der Waals surface area contributed by atoms with Crippen molar-refractivity contribution in [1.82, 2.24) is 15.1 Å². The minimum atomic E-state index is -1.22. The van der Waals surface area contributed by atoms with Gasteiger partial charge in [-0.3, -0.25) is 0 Å². The lowest BCUT2D eigenvalue weighted by atomic mass is 10.1. The fraction of sp³-hybridized carbons (Fsp3) is 0.200. The van der Waals surface area contributed by atoms with E-state index in [9.17, 15) is 15.0 Å². The zero-order valence-corrected chi connectivity index (χ0v) is 15.7. The van der Waals surface area contributed by atoms with Gasteiger partial charge in [-0.1, -0.05) is 48.0 Å². The van der Waals surface area contributed by atoms with Crippen LogP contribution in [0.25, 0.3) is 5.69 Å². The van der Waals surface area contributed by atoms with Crippen molar-refractivity contribution in [2.75, 3.05) is 6.54 Å². The van der Waals surface area contributed by atoms with Crippen molar-refractivity contribution in [3.63, 3.8) is 0 Å². The molecule has 3 rings (SSSR count). The molecule has 2 unspecified atom stereocenters. The lowest BCUT2D eigenvalue weighted by Gasteiger charge is -2.17. The van der Waals surface area contributed by atoms with Crippen LogP contribution in [0.4, 0.5) is 4.79 Å². The highest BCUT2D eigenvalue weighted by atomic mass is 35.5. The van der Waals surface area contributed by atoms with Gasteiger partial charge >= 0.3 is 6.09 Å². The maximum atomic E-state index is 11.7. The van der Waals surface area contributed by atoms with E-state index in [1.54, 1.807) is 29.1 Å². The topological polar surface area (TPSA) is 96.6 Å². The second-order valence-electron chi connectivity index (χ2n) is 6.15. The van der Waals surface area contributed by atoms with Gasteiger partial charge in [0.2, 0.25) is 0 Å². The van der Waals surface area contributed by atoms with Crippen LogP contribution >= 0.6 is 11.6 Å². The number of aromatic nitrogens is 2. The van der Waals surface area contributed by atoms with E-state index in [1.165, 1.54) is 6.20 Å². The minimum Gasteiger partial charge on any atom is -0.445 e. The Morgan fingerprint density at radius 3 is 2.71 bits per heavy atom. The molecular weight excluding hydrogens is 382 g/mol. The van der Waals surface area contributed by atoms with Gasteiger partial charge in [0.15, 0.2) is 0 Å². The lowest BCUT2D eigenvalue weighted by Crippen LogP contribution is -2.35. The number of rotatable bonds is 7. The summed E-state index contributed by atoms with van der Waals surface area (Å²) in [6.07, 6.45) is -0.0798. The molecular formula is C20H20ClN3O4. The summed E-state index contributed by atoms with van der Waals surface area (Å²) in [5, 5.41) is 27.6. The van der Waals surface area contributed by atoms with Gasteiger partial charge in [-0.05, 0) is 23.8 Å². The molecule has 146 valence electrons. The molecule has 8 heteroatoms. The molecule has 1 amide bonds. The standard InChI is InChI=1S/C20H20ClN3O4/c21-16-7-4-8-17(9-16)24-12-15(10-23-24)19(26)18(25)11-22-20(27)28-13-14-5-2-1-3-6-14/h1-10,12,18-19,25-26H,11,13H2,(H,22,27). The summed E-state index contributed by atoms with van der Waals surface area (Å²) in [6.45, 7) is -0.0468. The predicted molar refractivity (Wildman–Crippen MR) is 104 cm³/mol. The van der Waals surface area contributed by atoms with Gasteiger partial charge in [0, 0.05) is 23.3 Å². The Balaban J connectivity index is 1.50. The van der Waals surface area contributed by atoms with Crippen LogP contribution in [0.5, 0.6) is 0 Å². The molecule has 1 heterocycles. The second kappa shape index (κ2) is 9.36. The van der Waals surface area contributed by atoms with Gasteiger partial charge < -0.3 is 20.3 Å². The van der Waals surface area contributed by atoms with Gasteiger partial charge in [0.1, 0.15) is 18.8 Å². The van der Waals surface area contributed by atoms with Gasteiger partial charge in [-0.2, -0.15) is 5.10 Å². The van der Waals surface area contributed by atoms with E-state index in [0.29, 0.717) is 10.6 Å². The van der Waals surface area contributed by atoms with Crippen molar-refractivity contribution < 1.29 is 19.7 Å². The largest absolute Gasteiger partial charge is 0.445 e. The fourth-order valence-corrected chi connectivity index (χ4v) is 2.73. The van der Waals surface area contributed by atoms with E-state index < -0.39 is 18.3 Å². The SMILES string of the molecule is O=C(NCC(O)C(O)c1cnn(-c2cccc(Cl)c2)c1)OCc1ccccc1.